The van der Waals surface area contributed by atoms with Gasteiger partial charge in [-0.1, -0.05) is 18.2 Å². The van der Waals surface area contributed by atoms with E-state index in [0.717, 1.165) is 12.1 Å². The van der Waals surface area contributed by atoms with Crippen LogP contribution >= 0.6 is 0 Å². The van der Waals surface area contributed by atoms with Gasteiger partial charge in [-0.25, -0.2) is 12.6 Å². The molecule has 1 unspecified atom stereocenters. The molecule has 3 aromatic carbocycles. The van der Waals surface area contributed by atoms with E-state index in [1.165, 1.54) is 32.2 Å². The fourth-order valence-electron chi connectivity index (χ4n) is 3.05. The predicted octanol–water partition coefficient (Wildman–Crippen LogP) is 3.96. The molecule has 0 saturated heterocycles. The summed E-state index contributed by atoms with van der Waals surface area (Å²) in [4.78, 5) is 10.3. The predicted molar refractivity (Wildman–Crippen MR) is 116 cm³/mol. The van der Waals surface area contributed by atoms with E-state index in [4.69, 9.17) is 4.74 Å². The highest BCUT2D eigenvalue weighted by atomic mass is 32.2. The molecule has 3 aromatic rings. The molecule has 0 amide bonds. The number of nitrogens with one attached hydrogen (secondary N) is 1. The van der Waals surface area contributed by atoms with Gasteiger partial charge in [0.15, 0.2) is 11.1 Å². The molecule has 0 aliphatic carbocycles. The van der Waals surface area contributed by atoms with Crippen LogP contribution in [-0.2, 0) is 21.1 Å². The summed E-state index contributed by atoms with van der Waals surface area (Å²) in [6.45, 7) is 1.46. The van der Waals surface area contributed by atoms with E-state index in [0.29, 0.717) is 16.9 Å². The average molecular weight is 463 g/mol. The first kappa shape index (κ1) is 22.4. The van der Waals surface area contributed by atoms with E-state index in [9.17, 15) is 27.3 Å². The molecule has 0 aliphatic heterocycles. The maximum absolute atomic E-state index is 13.0. The lowest BCUT2D eigenvalue weighted by molar-refractivity contribution is -0.385. The number of rotatable bonds is 7. The Kier molecular flexibility index (Phi) is 6.39. The molecule has 0 spiro atoms. The number of non-ortho nitro benzene ring substituents is 1. The second-order valence-corrected chi connectivity index (χ2v) is 9.06. The Morgan fingerprint density at radius 1 is 1.06 bits per heavy atom. The van der Waals surface area contributed by atoms with Crippen LogP contribution in [0, 0.1) is 17.0 Å². The summed E-state index contributed by atoms with van der Waals surface area (Å²) >= 11 is -2.31. The van der Waals surface area contributed by atoms with Crippen molar-refractivity contribution < 1.29 is 26.8 Å². The zero-order valence-electron chi connectivity index (χ0n) is 16.4. The molecule has 0 bridgehead atoms. The van der Waals surface area contributed by atoms with Crippen LogP contribution in [0.25, 0.3) is 11.1 Å². The van der Waals surface area contributed by atoms with E-state index in [1.54, 1.807) is 30.3 Å². The molecule has 162 valence electrons. The number of methoxy groups -OCH3 is 1. The summed E-state index contributed by atoms with van der Waals surface area (Å²) in [5, 5.41) is 10.9. The highest BCUT2D eigenvalue weighted by Crippen LogP contribution is 2.36. The fraction of sp³-hybridized carbons (Fsp3) is 0.100. The van der Waals surface area contributed by atoms with Gasteiger partial charge >= 0.3 is 0 Å². The van der Waals surface area contributed by atoms with E-state index < -0.39 is 26.0 Å². The van der Waals surface area contributed by atoms with E-state index in [-0.39, 0.29) is 26.7 Å². The molecular weight excluding hydrogens is 444 g/mol. The minimum atomic E-state index is -4.12. The maximum atomic E-state index is 13.0. The Bertz CT molecular complexity index is 1290. The fourth-order valence-corrected chi connectivity index (χ4v) is 4.92. The van der Waals surface area contributed by atoms with Crippen molar-refractivity contribution in [2.45, 2.75) is 16.7 Å². The van der Waals surface area contributed by atoms with Crippen molar-refractivity contribution in [2.24, 2.45) is 0 Å². The summed E-state index contributed by atoms with van der Waals surface area (Å²) < 4.78 is 55.2. The van der Waals surface area contributed by atoms with Crippen molar-refractivity contribution in [3.05, 3.63) is 76.3 Å². The van der Waals surface area contributed by atoms with Gasteiger partial charge in [0.1, 0.15) is 5.75 Å². The molecule has 0 heterocycles. The Hall–Kier alpha value is -3.28. The first-order valence-corrected chi connectivity index (χ1v) is 11.4. The monoisotopic (exact) mass is 462 g/mol. The van der Waals surface area contributed by atoms with Gasteiger partial charge in [0.05, 0.1) is 27.5 Å². The van der Waals surface area contributed by atoms with Crippen LogP contribution in [0.2, 0.25) is 0 Å². The van der Waals surface area contributed by atoms with Gasteiger partial charge in [-0.2, -0.15) is 0 Å². The third-order valence-electron chi connectivity index (χ3n) is 4.50. The van der Waals surface area contributed by atoms with Crippen LogP contribution in [0.3, 0.4) is 0 Å². The highest BCUT2D eigenvalue weighted by Gasteiger charge is 2.22. The number of sulfonamides is 1. The van der Waals surface area contributed by atoms with Crippen LogP contribution in [-0.4, -0.2) is 29.2 Å². The second-order valence-electron chi connectivity index (χ2n) is 6.47. The first-order valence-electron chi connectivity index (χ1n) is 8.80. The summed E-state index contributed by atoms with van der Waals surface area (Å²) in [6, 6.07) is 14.3. The van der Waals surface area contributed by atoms with Crippen LogP contribution in [0.4, 0.5) is 11.4 Å². The number of nitro groups is 1. The number of nitrogens with zero attached hydrogens (tertiary/aromatic N) is 1. The first-order chi connectivity index (χ1) is 14.6. The normalized spacial score (nSPS) is 12.2. The largest absolute Gasteiger partial charge is 0.497 e. The number of hydrogen-bond donors (Lipinski definition) is 2. The third-order valence-corrected chi connectivity index (χ3v) is 6.75. The van der Waals surface area contributed by atoms with Gasteiger partial charge < -0.3 is 9.29 Å². The lowest BCUT2D eigenvalue weighted by atomic mass is 10.0. The lowest BCUT2D eigenvalue weighted by Crippen LogP contribution is -2.15. The van der Waals surface area contributed by atoms with Crippen molar-refractivity contribution in [3.8, 4) is 16.9 Å². The summed E-state index contributed by atoms with van der Waals surface area (Å²) in [6.07, 6.45) is 0. The SMILES string of the molecule is COc1ccc(NS(=O)(=O)c2ccc([N+](=O)[O-])cc2C)c(-c2ccccc2S(=O)O)c1. The highest BCUT2D eigenvalue weighted by molar-refractivity contribution is 7.92. The standard InChI is InChI=1S/C20H18N2O7S2/c1-13-11-14(22(23)24)7-10-20(13)31(27,28)21-18-9-8-15(29-2)12-17(18)16-5-3-4-6-19(16)30(25)26/h3-12,21H,1-2H3,(H,25,26). The minimum Gasteiger partial charge on any atom is -0.497 e. The number of aryl methyl sites for hydroxylation is 1. The van der Waals surface area contributed by atoms with Crippen molar-refractivity contribution in [1.29, 1.82) is 0 Å². The molecule has 0 saturated carbocycles. The Balaban J connectivity index is 2.13. The molecule has 0 fully saturated rings. The Labute approximate surface area is 181 Å². The molecule has 0 aliphatic rings. The second kappa shape index (κ2) is 8.84. The van der Waals surface area contributed by atoms with Crippen LogP contribution in [0.5, 0.6) is 5.75 Å². The molecule has 9 nitrogen and oxygen atoms in total. The van der Waals surface area contributed by atoms with Crippen molar-refractivity contribution >= 4 is 32.5 Å². The van der Waals surface area contributed by atoms with Crippen LogP contribution in [0.15, 0.2) is 70.5 Å². The smallest absolute Gasteiger partial charge is 0.269 e. The zero-order chi connectivity index (χ0) is 22.8. The number of nitro benzene ring substituents is 1. The van der Waals surface area contributed by atoms with Gasteiger partial charge in [-0.05, 0) is 42.8 Å². The summed E-state index contributed by atoms with van der Waals surface area (Å²) in [5.74, 6) is 0.419. The van der Waals surface area contributed by atoms with E-state index >= 15 is 0 Å². The quantitative estimate of drug-likeness (QED) is 0.308. The van der Waals surface area contributed by atoms with Crippen molar-refractivity contribution in [2.75, 3.05) is 11.8 Å². The number of hydrogen-bond acceptors (Lipinski definition) is 6. The Morgan fingerprint density at radius 3 is 2.39 bits per heavy atom. The van der Waals surface area contributed by atoms with Crippen LogP contribution < -0.4 is 9.46 Å². The molecule has 2 N–H and O–H groups in total. The molecular formula is C20H18N2O7S2. The molecule has 3 rings (SSSR count). The number of anilines is 1. The van der Waals surface area contributed by atoms with Gasteiger partial charge in [0.2, 0.25) is 0 Å². The third kappa shape index (κ3) is 4.74. The van der Waals surface area contributed by atoms with Gasteiger partial charge in [-0.15, -0.1) is 0 Å². The van der Waals surface area contributed by atoms with Crippen molar-refractivity contribution in [3.63, 3.8) is 0 Å². The van der Waals surface area contributed by atoms with Gasteiger partial charge in [0.25, 0.3) is 15.7 Å². The maximum Gasteiger partial charge on any atom is 0.269 e. The zero-order valence-corrected chi connectivity index (χ0v) is 18.1. The molecule has 1 atom stereocenters. The van der Waals surface area contributed by atoms with E-state index in [1.807, 2.05) is 0 Å². The minimum absolute atomic E-state index is 0.0997. The van der Waals surface area contributed by atoms with Crippen molar-refractivity contribution in [1.82, 2.24) is 0 Å². The summed E-state index contributed by atoms with van der Waals surface area (Å²) in [7, 11) is -2.68. The summed E-state index contributed by atoms with van der Waals surface area (Å²) in [5.41, 5.74) is 0.812. The van der Waals surface area contributed by atoms with E-state index in [2.05, 4.69) is 4.72 Å². The molecule has 11 heteroatoms. The Morgan fingerprint density at radius 2 is 1.77 bits per heavy atom. The molecule has 31 heavy (non-hydrogen) atoms. The number of ether oxygens (including phenoxy) is 1. The molecule has 0 radical (unpaired) electrons. The number of benzene rings is 3. The lowest BCUT2D eigenvalue weighted by Gasteiger charge is -2.16. The van der Waals surface area contributed by atoms with Gasteiger partial charge in [0, 0.05) is 23.3 Å². The van der Waals surface area contributed by atoms with Crippen LogP contribution in [0.1, 0.15) is 5.56 Å². The topological polar surface area (TPSA) is 136 Å². The average Bonchev–Trinajstić information content (AvgIpc) is 2.73. The van der Waals surface area contributed by atoms with Gasteiger partial charge in [-0.3, -0.25) is 14.8 Å². The molecule has 0 aromatic heterocycles.